The number of alkyl halides is 1. The summed E-state index contributed by atoms with van der Waals surface area (Å²) in [7, 11) is 0. The highest BCUT2D eigenvalue weighted by molar-refractivity contribution is 6.18. The Kier molecular flexibility index (Phi) is 3.80. The number of aryl methyl sites for hydroxylation is 1. The number of carbonyl (C=O) groups excluding carboxylic acids is 1. The van der Waals surface area contributed by atoms with Crippen LogP contribution in [0.15, 0.2) is 36.4 Å². The van der Waals surface area contributed by atoms with Gasteiger partial charge in [-0.2, -0.15) is 0 Å². The van der Waals surface area contributed by atoms with Crippen LogP contribution in [0.1, 0.15) is 28.8 Å². The van der Waals surface area contributed by atoms with Crippen molar-refractivity contribution in [2.24, 2.45) is 0 Å². The molecule has 17 heavy (non-hydrogen) atoms. The van der Waals surface area contributed by atoms with Crippen LogP contribution in [-0.2, 0) is 0 Å². The largest absolute Gasteiger partial charge is 0.294 e. The highest BCUT2D eigenvalue weighted by Gasteiger charge is 2.12. The molecule has 0 bridgehead atoms. The first-order valence-corrected chi connectivity index (χ1v) is 6.35. The average molecular weight is 247 g/mol. The predicted octanol–water partition coefficient (Wildman–Crippen LogP) is 4.35. The summed E-state index contributed by atoms with van der Waals surface area (Å²) >= 11 is 5.64. The van der Waals surface area contributed by atoms with Crippen molar-refractivity contribution in [1.29, 1.82) is 0 Å². The second-order valence-electron chi connectivity index (χ2n) is 4.19. The zero-order chi connectivity index (χ0) is 12.3. The molecule has 0 saturated carbocycles. The van der Waals surface area contributed by atoms with Crippen molar-refractivity contribution in [3.63, 3.8) is 0 Å². The highest BCUT2D eigenvalue weighted by atomic mass is 35.5. The molecule has 0 aliphatic rings. The topological polar surface area (TPSA) is 17.1 Å². The summed E-state index contributed by atoms with van der Waals surface area (Å²) in [5.41, 5.74) is 1.90. The molecule has 0 spiro atoms. The molecule has 2 aromatic rings. The van der Waals surface area contributed by atoms with E-state index in [1.54, 1.807) is 0 Å². The Morgan fingerprint density at radius 1 is 1.18 bits per heavy atom. The van der Waals surface area contributed by atoms with Gasteiger partial charge < -0.3 is 0 Å². The Labute approximate surface area is 106 Å². The molecule has 0 N–H and O–H groups in total. The Bertz CT molecular complexity index is 546. The van der Waals surface area contributed by atoms with E-state index in [-0.39, 0.29) is 5.78 Å². The lowest BCUT2D eigenvalue weighted by Crippen LogP contribution is -2.03. The number of Topliss-reactive ketones (excluding diaryl/α,β-unsaturated/α-hetero) is 1. The number of hydrogen-bond acceptors (Lipinski definition) is 1. The van der Waals surface area contributed by atoms with E-state index in [1.165, 1.54) is 0 Å². The van der Waals surface area contributed by atoms with Gasteiger partial charge in [0.2, 0.25) is 0 Å². The van der Waals surface area contributed by atoms with E-state index in [2.05, 4.69) is 6.07 Å². The molecule has 0 radical (unpaired) electrons. The van der Waals surface area contributed by atoms with E-state index >= 15 is 0 Å². The second-order valence-corrected chi connectivity index (χ2v) is 4.57. The van der Waals surface area contributed by atoms with Crippen molar-refractivity contribution in [3.05, 3.63) is 47.5 Å². The number of carbonyl (C=O) groups is 1. The third-order valence-corrected chi connectivity index (χ3v) is 3.22. The van der Waals surface area contributed by atoms with Crippen LogP contribution in [0.5, 0.6) is 0 Å². The SMILES string of the molecule is Cc1ccc2ccccc2c1C(=O)CCCCl. The molecule has 2 heteroatoms. The van der Waals surface area contributed by atoms with Crippen molar-refractivity contribution in [1.82, 2.24) is 0 Å². The standard InChI is InChI=1S/C15H15ClO/c1-11-8-9-12-5-2-3-6-13(12)15(11)14(17)7-4-10-16/h2-3,5-6,8-9H,4,7,10H2,1H3. The van der Waals surface area contributed by atoms with Crippen LogP contribution in [0.4, 0.5) is 0 Å². The lowest BCUT2D eigenvalue weighted by molar-refractivity contribution is 0.0983. The molecular formula is C15H15ClO. The van der Waals surface area contributed by atoms with Crippen LogP contribution in [-0.4, -0.2) is 11.7 Å². The Morgan fingerprint density at radius 3 is 2.71 bits per heavy atom. The summed E-state index contributed by atoms with van der Waals surface area (Å²) in [4.78, 5) is 12.2. The summed E-state index contributed by atoms with van der Waals surface area (Å²) in [6.45, 7) is 1.99. The fourth-order valence-corrected chi connectivity index (χ4v) is 2.24. The highest BCUT2D eigenvalue weighted by Crippen LogP contribution is 2.23. The van der Waals surface area contributed by atoms with Gasteiger partial charge in [0.1, 0.15) is 0 Å². The molecule has 0 heterocycles. The van der Waals surface area contributed by atoms with Gasteiger partial charge in [0.25, 0.3) is 0 Å². The van der Waals surface area contributed by atoms with Crippen LogP contribution in [0.25, 0.3) is 10.8 Å². The van der Waals surface area contributed by atoms with E-state index in [4.69, 9.17) is 11.6 Å². The zero-order valence-corrected chi connectivity index (χ0v) is 10.6. The Hall–Kier alpha value is -1.34. The van der Waals surface area contributed by atoms with Crippen LogP contribution < -0.4 is 0 Å². The molecule has 0 atom stereocenters. The van der Waals surface area contributed by atoms with Crippen LogP contribution >= 0.6 is 11.6 Å². The fraction of sp³-hybridized carbons (Fsp3) is 0.267. The van der Waals surface area contributed by atoms with Gasteiger partial charge in [-0.05, 0) is 29.7 Å². The lowest BCUT2D eigenvalue weighted by Gasteiger charge is -2.09. The van der Waals surface area contributed by atoms with Crippen molar-refractivity contribution in [2.45, 2.75) is 19.8 Å². The molecule has 0 aromatic heterocycles. The first kappa shape index (κ1) is 12.1. The molecule has 1 nitrogen and oxygen atoms in total. The Balaban J connectivity index is 2.51. The minimum absolute atomic E-state index is 0.194. The normalized spacial score (nSPS) is 10.7. The number of halogens is 1. The zero-order valence-electron chi connectivity index (χ0n) is 9.87. The van der Waals surface area contributed by atoms with E-state index in [1.807, 2.05) is 37.3 Å². The van der Waals surface area contributed by atoms with Gasteiger partial charge in [0.05, 0.1) is 0 Å². The quantitative estimate of drug-likeness (QED) is 0.579. The third-order valence-electron chi connectivity index (χ3n) is 2.95. The maximum absolute atomic E-state index is 12.2. The molecular weight excluding hydrogens is 232 g/mol. The molecule has 88 valence electrons. The maximum atomic E-state index is 12.2. The minimum Gasteiger partial charge on any atom is -0.294 e. The number of hydrogen-bond donors (Lipinski definition) is 0. The van der Waals surface area contributed by atoms with Crippen molar-refractivity contribution < 1.29 is 4.79 Å². The molecule has 0 aliphatic carbocycles. The molecule has 0 amide bonds. The molecule has 0 aliphatic heterocycles. The molecule has 0 saturated heterocycles. The summed E-state index contributed by atoms with van der Waals surface area (Å²) < 4.78 is 0. The molecule has 2 aromatic carbocycles. The summed E-state index contributed by atoms with van der Waals surface area (Å²) in [5.74, 6) is 0.732. The smallest absolute Gasteiger partial charge is 0.163 e. The van der Waals surface area contributed by atoms with Crippen molar-refractivity contribution in [3.8, 4) is 0 Å². The van der Waals surface area contributed by atoms with E-state index < -0.39 is 0 Å². The van der Waals surface area contributed by atoms with Gasteiger partial charge in [-0.15, -0.1) is 11.6 Å². The molecule has 0 fully saturated rings. The van der Waals surface area contributed by atoms with E-state index in [0.29, 0.717) is 12.3 Å². The van der Waals surface area contributed by atoms with Crippen LogP contribution in [0, 0.1) is 6.92 Å². The summed E-state index contributed by atoms with van der Waals surface area (Å²) in [6, 6.07) is 12.1. The van der Waals surface area contributed by atoms with E-state index in [9.17, 15) is 4.79 Å². The van der Waals surface area contributed by atoms with Gasteiger partial charge in [0, 0.05) is 17.9 Å². The monoisotopic (exact) mass is 246 g/mol. The van der Waals surface area contributed by atoms with Gasteiger partial charge in [-0.3, -0.25) is 4.79 Å². The second kappa shape index (κ2) is 5.33. The van der Waals surface area contributed by atoms with Crippen LogP contribution in [0.3, 0.4) is 0 Å². The van der Waals surface area contributed by atoms with Crippen LogP contribution in [0.2, 0.25) is 0 Å². The number of benzene rings is 2. The fourth-order valence-electron chi connectivity index (χ4n) is 2.10. The first-order valence-electron chi connectivity index (χ1n) is 5.81. The van der Waals surface area contributed by atoms with Gasteiger partial charge in [-0.25, -0.2) is 0 Å². The first-order chi connectivity index (χ1) is 8.24. The summed E-state index contributed by atoms with van der Waals surface area (Å²) in [5, 5.41) is 2.17. The van der Waals surface area contributed by atoms with Gasteiger partial charge in [0.15, 0.2) is 5.78 Å². The van der Waals surface area contributed by atoms with Gasteiger partial charge >= 0.3 is 0 Å². The number of ketones is 1. The summed E-state index contributed by atoms with van der Waals surface area (Å²) in [6.07, 6.45) is 1.27. The average Bonchev–Trinajstić information content (AvgIpc) is 2.35. The molecule has 2 rings (SSSR count). The Morgan fingerprint density at radius 2 is 1.94 bits per heavy atom. The molecule has 0 unspecified atom stereocenters. The predicted molar refractivity (Wildman–Crippen MR) is 73.0 cm³/mol. The maximum Gasteiger partial charge on any atom is 0.163 e. The van der Waals surface area contributed by atoms with E-state index in [0.717, 1.165) is 28.3 Å². The minimum atomic E-state index is 0.194. The number of rotatable bonds is 4. The number of fused-ring (bicyclic) bond motifs is 1. The lowest BCUT2D eigenvalue weighted by atomic mass is 9.95. The van der Waals surface area contributed by atoms with Crippen molar-refractivity contribution in [2.75, 3.05) is 5.88 Å². The van der Waals surface area contributed by atoms with Crippen molar-refractivity contribution >= 4 is 28.2 Å². The van der Waals surface area contributed by atoms with Gasteiger partial charge in [-0.1, -0.05) is 36.4 Å². The third kappa shape index (κ3) is 2.50.